The molecule has 0 N–H and O–H groups in total. The Morgan fingerprint density at radius 3 is 1.92 bits per heavy atom. The lowest BCUT2D eigenvalue weighted by atomic mass is 9.33. The number of fused-ring (bicyclic) bond motifs is 7. The second-order valence-corrected chi connectivity index (χ2v) is 19.9. The second kappa shape index (κ2) is 16.6. The summed E-state index contributed by atoms with van der Waals surface area (Å²) in [6.45, 7) is 18.0. The Morgan fingerprint density at radius 2 is 1.32 bits per heavy atom. The third kappa shape index (κ3) is 7.26. The van der Waals surface area contributed by atoms with Gasteiger partial charge in [0.05, 0.1) is 31.2 Å². The Kier molecular flexibility index (Phi) is 12.8. The molecule has 1 saturated heterocycles. The highest BCUT2D eigenvalue weighted by atomic mass is 16.7. The Morgan fingerprint density at radius 1 is 0.700 bits per heavy atom. The molecule has 0 radical (unpaired) electrons. The van der Waals surface area contributed by atoms with Gasteiger partial charge in [0.2, 0.25) is 0 Å². The van der Waals surface area contributed by atoms with Crippen LogP contribution in [0.2, 0.25) is 0 Å². The molecule has 0 amide bonds. The molecule has 0 spiro atoms. The Labute approximate surface area is 354 Å². The summed E-state index contributed by atoms with van der Waals surface area (Å²) in [5.74, 6) is -2.47. The molecule has 5 aliphatic carbocycles. The third-order valence-corrected chi connectivity index (χ3v) is 16.7. The van der Waals surface area contributed by atoms with E-state index in [0.29, 0.717) is 25.2 Å². The largest absolute Gasteiger partial charge is 0.469 e. The zero-order valence-electron chi connectivity index (χ0n) is 37.7. The molecule has 1 aliphatic heterocycles. The molecule has 14 nitrogen and oxygen atoms in total. The minimum atomic E-state index is -1.33. The molecular formula is C46H68O14. The van der Waals surface area contributed by atoms with Crippen LogP contribution in [0, 0.1) is 56.7 Å². The van der Waals surface area contributed by atoms with Crippen molar-refractivity contribution in [2.75, 3.05) is 20.8 Å². The number of allylic oxidation sites excluding steroid dienone is 1. The first kappa shape index (κ1) is 46.0. The molecule has 0 aromatic heterocycles. The van der Waals surface area contributed by atoms with Crippen molar-refractivity contribution >= 4 is 35.8 Å². The van der Waals surface area contributed by atoms with Gasteiger partial charge in [-0.3, -0.25) is 28.8 Å². The maximum absolute atomic E-state index is 14.7. The molecule has 6 rings (SSSR count). The normalized spacial score (nSPS) is 42.9. The zero-order chi connectivity index (χ0) is 44.3. The summed E-state index contributed by atoms with van der Waals surface area (Å²) in [4.78, 5) is 77.9. The van der Waals surface area contributed by atoms with Crippen LogP contribution >= 0.6 is 0 Å². The summed E-state index contributed by atoms with van der Waals surface area (Å²) in [5, 5.41) is 0. The number of hydrogen-bond acceptors (Lipinski definition) is 14. The number of hydrogen-bond donors (Lipinski definition) is 0. The molecular weight excluding hydrogens is 776 g/mol. The van der Waals surface area contributed by atoms with E-state index in [2.05, 4.69) is 47.6 Å². The molecule has 4 saturated carbocycles. The molecule has 5 fully saturated rings. The average Bonchev–Trinajstić information content (AvgIpc) is 3.17. The zero-order valence-corrected chi connectivity index (χ0v) is 37.7. The number of esters is 6. The van der Waals surface area contributed by atoms with Gasteiger partial charge in [0, 0.05) is 27.7 Å². The van der Waals surface area contributed by atoms with Crippen LogP contribution in [0.5, 0.6) is 0 Å². The molecule has 14 heteroatoms. The van der Waals surface area contributed by atoms with Gasteiger partial charge in [-0.2, -0.15) is 0 Å². The van der Waals surface area contributed by atoms with Crippen molar-refractivity contribution < 1.29 is 66.7 Å². The predicted molar refractivity (Wildman–Crippen MR) is 214 cm³/mol. The lowest BCUT2D eigenvalue weighted by molar-refractivity contribution is -0.333. The fourth-order valence-corrected chi connectivity index (χ4v) is 14.0. The van der Waals surface area contributed by atoms with Gasteiger partial charge in [-0.05, 0) is 104 Å². The minimum absolute atomic E-state index is 0.0967. The van der Waals surface area contributed by atoms with Gasteiger partial charge in [-0.1, -0.05) is 53.2 Å². The summed E-state index contributed by atoms with van der Waals surface area (Å²) >= 11 is 0. The maximum Gasteiger partial charge on any atom is 0.316 e. The van der Waals surface area contributed by atoms with Gasteiger partial charge in [0.1, 0.15) is 12.7 Å². The summed E-state index contributed by atoms with van der Waals surface area (Å²) in [5.41, 5.74) is -1.72. The van der Waals surface area contributed by atoms with E-state index in [9.17, 15) is 28.8 Å². The van der Waals surface area contributed by atoms with Crippen LogP contribution in [0.4, 0.5) is 0 Å². The highest BCUT2D eigenvalue weighted by Gasteiger charge is 2.74. The Bertz CT molecular complexity index is 1750. The number of carbonyl (C=O) groups is 6. The molecule has 0 aromatic carbocycles. The standard InChI is InChI=1S/C46H68O14/c1-24-15-20-45(40(51)53-11)21-22-46(41(52)54-12)30(35(45)25(24)2)13-14-33-43(9)18-17-34(42(7,8)32(43)16-19-44(33,46)10)60-39-38(58-29(6)50)37(57-28(5)49)36(56-27(4)48)31(59-39)23-55-26(3)47/h13,24-25,31-39H,14-23H2,1-12H3/t24-,25+,31-,32+,33-,34+,35+,36-,37+,38-,39+,43+,44-,45+,46-/m1/s1. The first-order chi connectivity index (χ1) is 28.0. The van der Waals surface area contributed by atoms with Gasteiger partial charge in [-0.15, -0.1) is 0 Å². The fraction of sp³-hybridized carbons (Fsp3) is 0.826. The van der Waals surface area contributed by atoms with Crippen molar-refractivity contribution in [1.29, 1.82) is 0 Å². The Balaban J connectivity index is 1.36. The van der Waals surface area contributed by atoms with Crippen LogP contribution in [0.25, 0.3) is 0 Å². The van der Waals surface area contributed by atoms with E-state index < -0.39 is 82.3 Å². The summed E-state index contributed by atoms with van der Waals surface area (Å²) < 4.78 is 47.0. The molecule has 0 unspecified atom stereocenters. The highest BCUT2D eigenvalue weighted by molar-refractivity contribution is 5.86. The Hall–Kier alpha value is -3.52. The highest BCUT2D eigenvalue weighted by Crippen LogP contribution is 2.76. The molecule has 1 heterocycles. The van der Waals surface area contributed by atoms with E-state index in [0.717, 1.165) is 44.1 Å². The predicted octanol–water partition coefficient (Wildman–Crippen LogP) is 6.44. The van der Waals surface area contributed by atoms with Crippen LogP contribution in [0.1, 0.15) is 127 Å². The van der Waals surface area contributed by atoms with Gasteiger partial charge in [0.15, 0.2) is 24.6 Å². The number of ether oxygens (including phenoxy) is 8. The number of methoxy groups -OCH3 is 2. The quantitative estimate of drug-likeness (QED) is 0.107. The lowest BCUT2D eigenvalue weighted by Gasteiger charge is -2.71. The first-order valence-electron chi connectivity index (χ1n) is 21.9. The van der Waals surface area contributed by atoms with E-state index in [1.54, 1.807) is 0 Å². The maximum atomic E-state index is 14.7. The minimum Gasteiger partial charge on any atom is -0.469 e. The molecule has 0 bridgehead atoms. The van der Waals surface area contributed by atoms with Gasteiger partial charge >= 0.3 is 35.8 Å². The summed E-state index contributed by atoms with van der Waals surface area (Å²) in [6, 6.07) is 0. The molecule has 336 valence electrons. The summed E-state index contributed by atoms with van der Waals surface area (Å²) in [6.07, 6.45) is 1.93. The second-order valence-electron chi connectivity index (χ2n) is 19.9. The smallest absolute Gasteiger partial charge is 0.316 e. The van der Waals surface area contributed by atoms with Crippen LogP contribution in [-0.4, -0.2) is 93.5 Å². The number of carbonyl (C=O) groups excluding carboxylic acids is 6. The fourth-order valence-electron chi connectivity index (χ4n) is 14.0. The van der Waals surface area contributed by atoms with Crippen molar-refractivity contribution in [2.45, 2.75) is 164 Å². The number of rotatable bonds is 9. The third-order valence-electron chi connectivity index (χ3n) is 16.7. The molecule has 0 aromatic rings. The first-order valence-corrected chi connectivity index (χ1v) is 21.9. The van der Waals surface area contributed by atoms with Crippen molar-refractivity contribution in [3.63, 3.8) is 0 Å². The SMILES string of the molecule is COC(=O)[C@]12CC[C@@H](C)[C@H](C)[C@H]1C1=CC[C@@H]3[C@@]4(C)CC[C@H](O[C@@H]5O[C@H](COC(C)=O)[C@@H](OC(C)=O)[C@H](OC(C)=O)[C@H]5OC(C)=O)C(C)(C)[C@@H]4CC[C@@]3(C)[C@]1(C(=O)OC)CC2. The van der Waals surface area contributed by atoms with Crippen LogP contribution < -0.4 is 0 Å². The van der Waals surface area contributed by atoms with Gasteiger partial charge < -0.3 is 37.9 Å². The topological polar surface area (TPSA) is 176 Å². The molecule has 15 atom stereocenters. The van der Waals surface area contributed by atoms with Crippen molar-refractivity contribution in [3.05, 3.63) is 11.6 Å². The van der Waals surface area contributed by atoms with E-state index in [-0.39, 0.29) is 47.6 Å². The molecule has 6 aliphatic rings. The van der Waals surface area contributed by atoms with Crippen molar-refractivity contribution in [3.8, 4) is 0 Å². The van der Waals surface area contributed by atoms with Gasteiger partial charge in [-0.25, -0.2) is 0 Å². The summed E-state index contributed by atoms with van der Waals surface area (Å²) in [7, 11) is 2.97. The van der Waals surface area contributed by atoms with Gasteiger partial charge in [0.25, 0.3) is 0 Å². The monoisotopic (exact) mass is 844 g/mol. The average molecular weight is 845 g/mol. The van der Waals surface area contributed by atoms with E-state index in [4.69, 9.17) is 37.9 Å². The van der Waals surface area contributed by atoms with Crippen molar-refractivity contribution in [2.24, 2.45) is 56.7 Å². The van der Waals surface area contributed by atoms with Crippen LogP contribution in [0.15, 0.2) is 11.6 Å². The van der Waals surface area contributed by atoms with E-state index in [1.165, 1.54) is 41.9 Å². The lowest BCUT2D eigenvalue weighted by Crippen LogP contribution is -2.68. The molecule has 60 heavy (non-hydrogen) atoms. The van der Waals surface area contributed by atoms with E-state index in [1.807, 2.05) is 0 Å². The van der Waals surface area contributed by atoms with Crippen LogP contribution in [-0.2, 0) is 66.7 Å². The van der Waals surface area contributed by atoms with Crippen molar-refractivity contribution in [1.82, 2.24) is 0 Å². The van der Waals surface area contributed by atoms with Crippen LogP contribution in [0.3, 0.4) is 0 Å². The van der Waals surface area contributed by atoms with E-state index >= 15 is 0 Å².